The smallest absolute Gasteiger partial charge is 0.337 e. The topological polar surface area (TPSA) is 78.4 Å². The van der Waals surface area contributed by atoms with Crippen LogP contribution in [-0.2, 0) is 0 Å². The molecule has 3 N–H and O–H groups in total. The molecule has 1 aromatic carbocycles. The van der Waals surface area contributed by atoms with Crippen LogP contribution in [0.2, 0.25) is 0 Å². The molecule has 2 amide bonds. The van der Waals surface area contributed by atoms with E-state index in [0.717, 1.165) is 17.9 Å². The number of carbonyl (C=O) groups is 2. The van der Waals surface area contributed by atoms with Crippen molar-refractivity contribution in [3.05, 3.63) is 29.3 Å². The number of aryl methyl sites for hydroxylation is 1. The lowest BCUT2D eigenvalue weighted by molar-refractivity contribution is 0.0698. The Kier molecular flexibility index (Phi) is 4.27. The van der Waals surface area contributed by atoms with E-state index in [0.29, 0.717) is 5.69 Å². The van der Waals surface area contributed by atoms with Gasteiger partial charge >= 0.3 is 12.0 Å². The van der Waals surface area contributed by atoms with Gasteiger partial charge in [0.1, 0.15) is 0 Å². The van der Waals surface area contributed by atoms with Crippen molar-refractivity contribution in [2.24, 2.45) is 5.92 Å². The highest BCUT2D eigenvalue weighted by atomic mass is 16.4. The highest BCUT2D eigenvalue weighted by molar-refractivity contribution is 6.00. The summed E-state index contributed by atoms with van der Waals surface area (Å²) in [6.07, 6.45) is 3.47. The average molecular weight is 276 g/mol. The number of anilines is 1. The second-order valence-corrected chi connectivity index (χ2v) is 5.53. The normalized spacial score (nSPS) is 15.5. The number of carboxylic acids is 1. The van der Waals surface area contributed by atoms with Gasteiger partial charge < -0.3 is 15.7 Å². The molecule has 5 nitrogen and oxygen atoms in total. The van der Waals surface area contributed by atoms with Crippen molar-refractivity contribution < 1.29 is 14.7 Å². The maximum Gasteiger partial charge on any atom is 0.337 e. The van der Waals surface area contributed by atoms with E-state index in [1.165, 1.54) is 12.8 Å². The highest BCUT2D eigenvalue weighted by Crippen LogP contribution is 2.33. The van der Waals surface area contributed by atoms with E-state index in [2.05, 4.69) is 10.6 Å². The number of hydrogen-bond donors (Lipinski definition) is 3. The van der Waals surface area contributed by atoms with Gasteiger partial charge in [0.2, 0.25) is 0 Å². The average Bonchev–Trinajstić information content (AvgIpc) is 3.14. The van der Waals surface area contributed by atoms with Crippen LogP contribution in [0.15, 0.2) is 18.2 Å². The van der Waals surface area contributed by atoms with Gasteiger partial charge in [0.25, 0.3) is 0 Å². The molecule has 0 saturated heterocycles. The molecular weight excluding hydrogens is 256 g/mol. The summed E-state index contributed by atoms with van der Waals surface area (Å²) in [5, 5.41) is 14.6. The molecule has 1 aromatic rings. The Labute approximate surface area is 118 Å². The number of carboxylic acid groups (broad SMARTS) is 1. The molecule has 0 radical (unpaired) electrons. The maximum atomic E-state index is 11.9. The third-order valence-corrected chi connectivity index (χ3v) is 3.41. The van der Waals surface area contributed by atoms with Gasteiger partial charge in [-0.25, -0.2) is 9.59 Å². The van der Waals surface area contributed by atoms with Crippen LogP contribution >= 0.6 is 0 Å². The fraction of sp³-hybridized carbons (Fsp3) is 0.467. The first-order valence-electron chi connectivity index (χ1n) is 6.87. The molecule has 1 atom stereocenters. The molecule has 1 fully saturated rings. The monoisotopic (exact) mass is 276 g/mol. The van der Waals surface area contributed by atoms with Crippen LogP contribution in [0.25, 0.3) is 0 Å². The van der Waals surface area contributed by atoms with E-state index in [9.17, 15) is 9.59 Å². The Hall–Kier alpha value is -2.04. The van der Waals surface area contributed by atoms with Gasteiger partial charge in [-0.05, 0) is 38.3 Å². The lowest BCUT2D eigenvalue weighted by atomic mass is 10.1. The van der Waals surface area contributed by atoms with E-state index >= 15 is 0 Å². The van der Waals surface area contributed by atoms with Crippen LogP contribution in [0.4, 0.5) is 10.5 Å². The van der Waals surface area contributed by atoms with Crippen LogP contribution in [0, 0.1) is 12.8 Å². The number of rotatable bonds is 5. The molecule has 1 aliphatic rings. The van der Waals surface area contributed by atoms with Gasteiger partial charge in [-0.3, -0.25) is 0 Å². The van der Waals surface area contributed by atoms with Crippen LogP contribution < -0.4 is 10.6 Å². The number of hydrogen-bond acceptors (Lipinski definition) is 2. The Bertz CT molecular complexity index is 524. The van der Waals surface area contributed by atoms with Crippen molar-refractivity contribution in [1.82, 2.24) is 5.32 Å². The first-order chi connectivity index (χ1) is 9.45. The van der Waals surface area contributed by atoms with Crippen LogP contribution in [0.1, 0.15) is 42.1 Å². The first kappa shape index (κ1) is 14.4. The van der Waals surface area contributed by atoms with Crippen LogP contribution in [0.3, 0.4) is 0 Å². The van der Waals surface area contributed by atoms with Gasteiger partial charge in [0.05, 0.1) is 11.3 Å². The van der Waals surface area contributed by atoms with E-state index in [1.54, 1.807) is 18.2 Å². The summed E-state index contributed by atoms with van der Waals surface area (Å²) in [5.74, 6) is -0.311. The van der Waals surface area contributed by atoms with Crippen molar-refractivity contribution in [3.63, 3.8) is 0 Å². The Morgan fingerprint density at radius 2 is 2.10 bits per heavy atom. The number of nitrogens with one attached hydrogen (secondary N) is 2. The molecule has 0 aliphatic heterocycles. The number of urea groups is 1. The second kappa shape index (κ2) is 5.94. The zero-order valence-electron chi connectivity index (χ0n) is 11.8. The summed E-state index contributed by atoms with van der Waals surface area (Å²) in [6.45, 7) is 3.78. The van der Waals surface area contributed by atoms with E-state index in [4.69, 9.17) is 5.11 Å². The lowest BCUT2D eigenvalue weighted by Crippen LogP contribution is -2.36. The molecule has 1 saturated carbocycles. The zero-order chi connectivity index (χ0) is 14.7. The van der Waals surface area contributed by atoms with Crippen LogP contribution in [0.5, 0.6) is 0 Å². The summed E-state index contributed by atoms with van der Waals surface area (Å²) in [5.41, 5.74) is 1.27. The molecule has 2 rings (SSSR count). The van der Waals surface area contributed by atoms with E-state index in [1.807, 2.05) is 13.8 Å². The predicted molar refractivity (Wildman–Crippen MR) is 77.1 cm³/mol. The van der Waals surface area contributed by atoms with Gasteiger partial charge in [0.15, 0.2) is 0 Å². The first-order valence-corrected chi connectivity index (χ1v) is 6.87. The number of amides is 2. The zero-order valence-corrected chi connectivity index (χ0v) is 11.8. The summed E-state index contributed by atoms with van der Waals surface area (Å²) < 4.78 is 0. The summed E-state index contributed by atoms with van der Waals surface area (Å²) in [7, 11) is 0. The Balaban J connectivity index is 1.97. The minimum absolute atomic E-state index is 0.0984. The van der Waals surface area contributed by atoms with Crippen LogP contribution in [-0.4, -0.2) is 23.1 Å². The van der Waals surface area contributed by atoms with Gasteiger partial charge in [-0.2, -0.15) is 0 Å². The molecule has 1 unspecified atom stereocenters. The van der Waals surface area contributed by atoms with Gasteiger partial charge in [-0.1, -0.05) is 24.5 Å². The molecule has 0 aromatic heterocycles. The molecule has 0 spiro atoms. The number of aromatic carboxylic acids is 1. The molecule has 1 aliphatic carbocycles. The second-order valence-electron chi connectivity index (χ2n) is 5.53. The highest BCUT2D eigenvalue weighted by Gasteiger charge is 2.24. The van der Waals surface area contributed by atoms with Crippen molar-refractivity contribution in [1.29, 1.82) is 0 Å². The number of benzene rings is 1. The molecule has 0 heterocycles. The van der Waals surface area contributed by atoms with E-state index in [-0.39, 0.29) is 17.6 Å². The fourth-order valence-electron chi connectivity index (χ4n) is 2.24. The van der Waals surface area contributed by atoms with Crippen molar-refractivity contribution in [3.8, 4) is 0 Å². The lowest BCUT2D eigenvalue weighted by Gasteiger charge is -2.15. The van der Waals surface area contributed by atoms with Gasteiger partial charge in [0, 0.05) is 6.04 Å². The predicted octanol–water partition coefficient (Wildman–Crippen LogP) is 3.00. The molecule has 108 valence electrons. The van der Waals surface area contributed by atoms with E-state index < -0.39 is 5.97 Å². The largest absolute Gasteiger partial charge is 0.478 e. The Morgan fingerprint density at radius 1 is 1.40 bits per heavy atom. The van der Waals surface area contributed by atoms with Crippen molar-refractivity contribution in [2.75, 3.05) is 5.32 Å². The van der Waals surface area contributed by atoms with Crippen molar-refractivity contribution in [2.45, 2.75) is 39.2 Å². The molecule has 20 heavy (non-hydrogen) atoms. The minimum atomic E-state index is -1.05. The molecule has 5 heteroatoms. The summed E-state index contributed by atoms with van der Waals surface area (Å²) in [4.78, 5) is 23.0. The molecular formula is C15H20N2O3. The molecule has 0 bridgehead atoms. The standard InChI is InChI=1S/C15H20N2O3/c1-9-3-6-13(12(7-9)14(18)19)17-15(20)16-10(2)8-11-4-5-11/h3,6-7,10-11H,4-5,8H2,1-2H3,(H,18,19)(H2,16,17,20). The summed E-state index contributed by atoms with van der Waals surface area (Å²) >= 11 is 0. The maximum absolute atomic E-state index is 11.9. The SMILES string of the molecule is Cc1ccc(NC(=O)NC(C)CC2CC2)c(C(=O)O)c1. The van der Waals surface area contributed by atoms with Crippen molar-refractivity contribution >= 4 is 17.7 Å². The minimum Gasteiger partial charge on any atom is -0.478 e. The Morgan fingerprint density at radius 3 is 2.70 bits per heavy atom. The number of carbonyl (C=O) groups excluding carboxylic acids is 1. The third-order valence-electron chi connectivity index (χ3n) is 3.41. The summed E-state index contributed by atoms with van der Waals surface area (Å²) in [6, 6.07) is 4.68. The van der Waals surface area contributed by atoms with Gasteiger partial charge in [-0.15, -0.1) is 0 Å². The fourth-order valence-corrected chi connectivity index (χ4v) is 2.24. The third kappa shape index (κ3) is 3.98. The quantitative estimate of drug-likeness (QED) is 0.773.